The number of nitrogens with zero attached hydrogens (tertiary/aromatic N) is 1. The number of rotatable bonds is 6. The van der Waals surface area contributed by atoms with Gasteiger partial charge >= 0.3 is 0 Å². The number of primary amides is 1. The number of Topliss-reactive ketones (excluding diaryl/α,β-unsaturated/α-hetero) is 2. The van der Waals surface area contributed by atoms with Crippen LogP contribution in [-0.4, -0.2) is 69.0 Å². The lowest BCUT2D eigenvalue weighted by Gasteiger charge is -2.46. The monoisotopic (exact) mass is 531 g/mol. The van der Waals surface area contributed by atoms with Gasteiger partial charge in [0.05, 0.1) is 5.56 Å². The normalized spacial score (nSPS) is 24.4. The Kier molecular flexibility index (Phi) is 8.75. The molecule has 4 rings (SSSR count). The van der Waals surface area contributed by atoms with Crippen LogP contribution < -0.4 is 11.1 Å². The first kappa shape index (κ1) is 30.9. The Hall–Kier alpha value is -3.37. The van der Waals surface area contributed by atoms with Crippen molar-refractivity contribution < 1.29 is 34.8 Å². The van der Waals surface area contributed by atoms with E-state index in [1.165, 1.54) is 0 Å². The van der Waals surface area contributed by atoms with Gasteiger partial charge < -0.3 is 36.4 Å². The van der Waals surface area contributed by atoms with Crippen molar-refractivity contribution in [1.29, 1.82) is 0 Å². The van der Waals surface area contributed by atoms with Crippen LogP contribution in [-0.2, 0) is 27.3 Å². The van der Waals surface area contributed by atoms with E-state index >= 15 is 0 Å². The molecule has 3 aliphatic carbocycles. The zero-order valence-corrected chi connectivity index (χ0v) is 20.9. The topological polar surface area (TPSA) is 173 Å². The summed E-state index contributed by atoms with van der Waals surface area (Å²) in [5, 5.41) is 47.7. The molecule has 0 spiro atoms. The predicted molar refractivity (Wildman–Crippen MR) is 146 cm³/mol. The van der Waals surface area contributed by atoms with E-state index in [-0.39, 0.29) is 51.0 Å². The molecular weight excluding hydrogens is 490 g/mol. The van der Waals surface area contributed by atoms with Gasteiger partial charge in [0.25, 0.3) is 5.91 Å². The van der Waals surface area contributed by atoms with Crippen LogP contribution in [0.3, 0.4) is 0 Å². The van der Waals surface area contributed by atoms with Crippen LogP contribution in [0.15, 0.2) is 23.0 Å². The Labute approximate surface area is 223 Å². The fourth-order valence-electron chi connectivity index (χ4n) is 6.07. The van der Waals surface area contributed by atoms with E-state index in [2.05, 4.69) is 19.2 Å². The van der Waals surface area contributed by atoms with Crippen LogP contribution in [0.2, 0.25) is 0 Å². The summed E-state index contributed by atoms with van der Waals surface area (Å²) in [6, 6.07) is 1.82. The maximum Gasteiger partial charge on any atom is 0.255 e. The first-order valence-corrected chi connectivity index (χ1v) is 12.0. The minimum absolute atomic E-state index is 0. The van der Waals surface area contributed by atoms with Gasteiger partial charge in [-0.2, -0.15) is 0 Å². The second kappa shape index (κ2) is 10.8. The quantitative estimate of drug-likeness (QED) is 0.238. The minimum Gasteiger partial charge on any atom is -0.508 e. The maximum absolute atomic E-state index is 13.6. The lowest BCUT2D eigenvalue weighted by Crippen LogP contribution is -2.58. The number of anilines is 1. The summed E-state index contributed by atoms with van der Waals surface area (Å²) in [6.07, 6.45) is 0.0270. The Morgan fingerprint density at radius 3 is 2.39 bits per heavy atom. The lowest BCUT2D eigenvalue weighted by atomic mass is 9.59. The van der Waals surface area contributed by atoms with Gasteiger partial charge in [0.2, 0.25) is 5.78 Å². The smallest absolute Gasteiger partial charge is 0.255 e. The average Bonchev–Trinajstić information content (AvgIpc) is 2.77. The highest BCUT2D eigenvalue weighted by Crippen LogP contribution is 2.53. The number of amides is 1. The van der Waals surface area contributed by atoms with E-state index < -0.39 is 52.0 Å². The molecule has 10 nitrogen and oxygen atoms in total. The van der Waals surface area contributed by atoms with Crippen molar-refractivity contribution >= 4 is 28.9 Å². The van der Waals surface area contributed by atoms with E-state index in [9.17, 15) is 34.8 Å². The van der Waals surface area contributed by atoms with Crippen molar-refractivity contribution in [3.63, 3.8) is 0 Å². The molecule has 1 saturated carbocycles. The highest BCUT2D eigenvalue weighted by atomic mass is 16.3. The zero-order valence-electron chi connectivity index (χ0n) is 20.9. The Balaban J connectivity index is 0.00000253. The number of hydrogen-bond donors (Lipinski definition) is 6. The van der Waals surface area contributed by atoms with Crippen LogP contribution in [0.5, 0.6) is 5.75 Å². The number of nitrogens with two attached hydrogens (primary N) is 1. The summed E-state index contributed by atoms with van der Waals surface area (Å²) in [7, 11) is 3.64. The Morgan fingerprint density at radius 2 is 1.84 bits per heavy atom. The molecule has 1 amide bonds. The molecule has 0 saturated heterocycles. The molecule has 0 aliphatic heterocycles. The van der Waals surface area contributed by atoms with Crippen molar-refractivity contribution in [1.82, 2.24) is 4.90 Å². The summed E-state index contributed by atoms with van der Waals surface area (Å²) in [5.41, 5.74) is 3.68. The molecule has 38 heavy (non-hydrogen) atoms. The maximum atomic E-state index is 13.6. The lowest BCUT2D eigenvalue weighted by molar-refractivity contribution is -0.147. The molecule has 0 heterocycles. The van der Waals surface area contributed by atoms with Crippen LogP contribution in [0.1, 0.15) is 58.2 Å². The summed E-state index contributed by atoms with van der Waals surface area (Å²) < 4.78 is 0. The van der Waals surface area contributed by atoms with Crippen LogP contribution in [0.4, 0.5) is 5.69 Å². The fourth-order valence-corrected chi connectivity index (χ4v) is 6.07. The van der Waals surface area contributed by atoms with Crippen LogP contribution in [0.25, 0.3) is 5.76 Å². The number of benzene rings is 1. The number of phenols is 1. The van der Waals surface area contributed by atoms with E-state index in [0.717, 1.165) is 6.54 Å². The molecule has 0 unspecified atom stereocenters. The van der Waals surface area contributed by atoms with Gasteiger partial charge in [0.1, 0.15) is 22.8 Å². The number of ketones is 2. The van der Waals surface area contributed by atoms with Crippen molar-refractivity contribution in [2.24, 2.45) is 23.5 Å². The zero-order chi connectivity index (χ0) is 26.7. The summed E-state index contributed by atoms with van der Waals surface area (Å²) in [5.74, 6) is -5.84. The van der Waals surface area contributed by atoms with E-state index in [1.54, 1.807) is 7.05 Å². The van der Waals surface area contributed by atoms with Gasteiger partial charge in [-0.1, -0.05) is 28.7 Å². The van der Waals surface area contributed by atoms with Gasteiger partial charge in [-0.15, -0.1) is 0 Å². The summed E-state index contributed by atoms with van der Waals surface area (Å²) in [4.78, 5) is 39.9. The molecule has 0 bridgehead atoms. The number of aliphatic hydroxyl groups is 3. The van der Waals surface area contributed by atoms with Crippen molar-refractivity contribution in [3.8, 4) is 5.75 Å². The SMILES string of the molecule is C.C.CNc1cc(CN(C)CC(C)C)c(O)c2c1C[C@H]1C[C@H]3CC(=O)C(C(N)=O)=C(O)[C@@]3(O)C(=O)C1=C2O. The van der Waals surface area contributed by atoms with Crippen LogP contribution in [0, 0.1) is 17.8 Å². The molecule has 1 aromatic rings. The summed E-state index contributed by atoms with van der Waals surface area (Å²) >= 11 is 0. The highest BCUT2D eigenvalue weighted by molar-refractivity contribution is 6.22. The second-order valence-electron chi connectivity index (χ2n) is 10.5. The Bertz CT molecular complexity index is 1230. The molecule has 10 heteroatoms. The number of carbonyl (C=O) groups excluding carboxylic acids is 3. The van der Waals surface area contributed by atoms with Gasteiger partial charge in [0, 0.05) is 49.3 Å². The largest absolute Gasteiger partial charge is 0.508 e. The van der Waals surface area contributed by atoms with Crippen LogP contribution >= 0.6 is 0 Å². The van der Waals surface area contributed by atoms with E-state index in [0.29, 0.717) is 29.3 Å². The number of hydrogen-bond acceptors (Lipinski definition) is 9. The third-order valence-corrected chi connectivity index (χ3v) is 7.53. The fraction of sp³-hybridized carbons (Fsp3) is 0.536. The number of phenolic OH excluding ortho intramolecular Hbond substituents is 1. The number of aliphatic hydroxyl groups excluding tert-OH is 2. The van der Waals surface area contributed by atoms with Crippen molar-refractivity contribution in [3.05, 3.63) is 39.7 Å². The van der Waals surface area contributed by atoms with Gasteiger partial charge in [-0.05, 0) is 43.4 Å². The number of fused-ring (bicyclic) bond motifs is 3. The average molecular weight is 532 g/mol. The third-order valence-electron chi connectivity index (χ3n) is 7.53. The highest BCUT2D eigenvalue weighted by Gasteiger charge is 2.60. The van der Waals surface area contributed by atoms with Crippen molar-refractivity contribution in [2.45, 2.75) is 60.1 Å². The Morgan fingerprint density at radius 1 is 1.21 bits per heavy atom. The first-order valence-electron chi connectivity index (χ1n) is 12.0. The second-order valence-corrected chi connectivity index (χ2v) is 10.5. The molecular formula is C28H41N3O7. The molecule has 210 valence electrons. The molecule has 3 atom stereocenters. The number of nitrogens with one attached hydrogen (secondary N) is 1. The predicted octanol–water partition coefficient (Wildman–Crippen LogP) is 2.83. The standard InChI is InChI=1S/C26H33N3O7.2CH4/c1-11(2)9-29(4)10-13-7-16(28-3)15-6-12-5-14-8-17(30)20(25(27)35)24(34)26(14,36)23(33)18(12)22(32)19(15)21(13)31;;/h7,11-12,14,28,31-32,34,36H,5-6,8-10H2,1-4H3,(H2,27,35);2*1H4/t12-,14+,26+;;/m1../s1. The van der Waals surface area contributed by atoms with E-state index in [4.69, 9.17) is 5.73 Å². The first-order chi connectivity index (χ1) is 16.8. The van der Waals surface area contributed by atoms with Gasteiger partial charge in [-0.25, -0.2) is 0 Å². The molecule has 1 fully saturated rings. The molecule has 3 aliphatic rings. The molecule has 7 N–H and O–H groups in total. The molecule has 0 radical (unpaired) electrons. The third kappa shape index (κ3) is 4.56. The number of aromatic hydroxyl groups is 1. The van der Waals surface area contributed by atoms with Gasteiger partial charge in [0.15, 0.2) is 11.4 Å². The molecule has 1 aromatic carbocycles. The van der Waals surface area contributed by atoms with E-state index in [1.807, 2.05) is 18.0 Å². The van der Waals surface area contributed by atoms with Gasteiger partial charge in [-0.3, -0.25) is 14.4 Å². The van der Waals surface area contributed by atoms with Crippen molar-refractivity contribution in [2.75, 3.05) is 26.0 Å². The minimum atomic E-state index is -2.56. The summed E-state index contributed by atoms with van der Waals surface area (Å²) in [6.45, 7) is 5.33. The number of carbonyl (C=O) groups is 3. The molecule has 0 aromatic heterocycles.